The van der Waals surface area contributed by atoms with Gasteiger partial charge in [-0.3, -0.25) is 0 Å². The Kier molecular flexibility index (Phi) is 4.51. The third kappa shape index (κ3) is 3.51. The first kappa shape index (κ1) is 10.8. The van der Waals surface area contributed by atoms with E-state index < -0.39 is 0 Å². The molecule has 0 saturated heterocycles. The van der Waals surface area contributed by atoms with Gasteiger partial charge in [-0.05, 0) is 31.6 Å². The number of hydrogen-bond acceptors (Lipinski definition) is 1. The van der Waals surface area contributed by atoms with Crippen molar-refractivity contribution in [3.63, 3.8) is 0 Å². The van der Waals surface area contributed by atoms with Crippen molar-refractivity contribution in [2.75, 3.05) is 0 Å². The highest BCUT2D eigenvalue weighted by atomic mass is 16.3. The Labute approximate surface area is 81.9 Å². The van der Waals surface area contributed by atoms with Crippen molar-refractivity contribution in [3.05, 3.63) is 12.2 Å². The molecule has 1 atom stereocenters. The molecule has 0 aromatic rings. The van der Waals surface area contributed by atoms with Gasteiger partial charge >= 0.3 is 0 Å². The van der Waals surface area contributed by atoms with E-state index in [1.807, 2.05) is 0 Å². The van der Waals surface area contributed by atoms with Gasteiger partial charge in [-0.1, -0.05) is 38.3 Å². The summed E-state index contributed by atoms with van der Waals surface area (Å²) in [5.41, 5.74) is 1.19. The summed E-state index contributed by atoms with van der Waals surface area (Å²) in [6.45, 7) is 6.06. The largest absolute Gasteiger partial charge is 0.393 e. The Morgan fingerprint density at radius 2 is 2.00 bits per heavy atom. The van der Waals surface area contributed by atoms with Gasteiger partial charge in [0.25, 0.3) is 0 Å². The third-order valence-corrected chi connectivity index (χ3v) is 3.19. The van der Waals surface area contributed by atoms with Crippen molar-refractivity contribution in [1.29, 1.82) is 0 Å². The quantitative estimate of drug-likeness (QED) is 0.661. The summed E-state index contributed by atoms with van der Waals surface area (Å²) < 4.78 is 0. The number of rotatable bonds is 4. The molecule has 0 aromatic heterocycles. The van der Waals surface area contributed by atoms with E-state index in [1.54, 1.807) is 0 Å². The van der Waals surface area contributed by atoms with E-state index in [1.165, 1.54) is 37.7 Å². The molecule has 0 heterocycles. The van der Waals surface area contributed by atoms with Crippen molar-refractivity contribution >= 4 is 0 Å². The Balaban J connectivity index is 2.28. The lowest BCUT2D eigenvalue weighted by molar-refractivity contribution is 0.0846. The molecule has 1 saturated carbocycles. The standard InChI is InChI=1S/C12H22O/c1-3-10(2)9-12(13)11-7-5-4-6-8-11/h11-13H,2-9H2,1H3. The minimum Gasteiger partial charge on any atom is -0.393 e. The zero-order valence-electron chi connectivity index (χ0n) is 8.76. The van der Waals surface area contributed by atoms with E-state index >= 15 is 0 Å². The summed E-state index contributed by atoms with van der Waals surface area (Å²) >= 11 is 0. The Morgan fingerprint density at radius 1 is 1.38 bits per heavy atom. The van der Waals surface area contributed by atoms with E-state index in [-0.39, 0.29) is 6.10 Å². The Hall–Kier alpha value is -0.300. The molecule has 1 aliphatic rings. The normalized spacial score (nSPS) is 21.4. The lowest BCUT2D eigenvalue weighted by Gasteiger charge is -2.26. The van der Waals surface area contributed by atoms with Crippen molar-refractivity contribution < 1.29 is 5.11 Å². The third-order valence-electron chi connectivity index (χ3n) is 3.19. The number of aliphatic hydroxyl groups is 1. The summed E-state index contributed by atoms with van der Waals surface area (Å²) in [6, 6.07) is 0. The number of hydrogen-bond donors (Lipinski definition) is 1. The first-order valence-electron chi connectivity index (χ1n) is 5.58. The lowest BCUT2D eigenvalue weighted by Crippen LogP contribution is -2.23. The maximum absolute atomic E-state index is 9.91. The van der Waals surface area contributed by atoms with Crippen molar-refractivity contribution in [2.45, 2.75) is 58.0 Å². The predicted molar refractivity (Wildman–Crippen MR) is 56.6 cm³/mol. The smallest absolute Gasteiger partial charge is 0.0605 e. The van der Waals surface area contributed by atoms with Crippen LogP contribution in [-0.2, 0) is 0 Å². The molecule has 0 aliphatic heterocycles. The second-order valence-electron chi connectivity index (χ2n) is 4.27. The summed E-state index contributed by atoms with van der Waals surface area (Å²) in [4.78, 5) is 0. The van der Waals surface area contributed by atoms with Crippen LogP contribution in [0.5, 0.6) is 0 Å². The molecule has 1 unspecified atom stereocenters. The highest BCUT2D eigenvalue weighted by Crippen LogP contribution is 2.29. The second-order valence-corrected chi connectivity index (χ2v) is 4.27. The average Bonchev–Trinajstić information content (AvgIpc) is 2.19. The second kappa shape index (κ2) is 5.43. The molecule has 13 heavy (non-hydrogen) atoms. The maximum Gasteiger partial charge on any atom is 0.0605 e. The van der Waals surface area contributed by atoms with Crippen LogP contribution < -0.4 is 0 Å². The first-order valence-corrected chi connectivity index (χ1v) is 5.58. The zero-order valence-corrected chi connectivity index (χ0v) is 8.76. The predicted octanol–water partition coefficient (Wildman–Crippen LogP) is 3.28. The van der Waals surface area contributed by atoms with Crippen molar-refractivity contribution in [3.8, 4) is 0 Å². The molecule has 0 radical (unpaired) electrons. The SMILES string of the molecule is C=C(CC)CC(O)C1CCCCC1. The van der Waals surface area contributed by atoms with Crippen molar-refractivity contribution in [1.82, 2.24) is 0 Å². The van der Waals surface area contributed by atoms with Crippen LogP contribution in [0.2, 0.25) is 0 Å². The molecular formula is C12H22O. The molecule has 0 spiro atoms. The van der Waals surface area contributed by atoms with Crippen LogP contribution in [0.3, 0.4) is 0 Å². The van der Waals surface area contributed by atoms with Gasteiger partial charge in [-0.15, -0.1) is 0 Å². The maximum atomic E-state index is 9.91. The molecule has 0 amide bonds. The van der Waals surface area contributed by atoms with Gasteiger partial charge in [0.15, 0.2) is 0 Å². The van der Waals surface area contributed by atoms with Crippen LogP contribution in [0, 0.1) is 5.92 Å². The monoisotopic (exact) mass is 182 g/mol. The molecule has 0 bridgehead atoms. The molecule has 1 N–H and O–H groups in total. The highest BCUT2D eigenvalue weighted by Gasteiger charge is 2.21. The molecule has 1 rings (SSSR count). The van der Waals surface area contributed by atoms with E-state index in [2.05, 4.69) is 13.5 Å². The summed E-state index contributed by atoms with van der Waals surface area (Å²) in [6.07, 6.45) is 8.12. The van der Waals surface area contributed by atoms with Gasteiger partial charge in [0.2, 0.25) is 0 Å². The number of aliphatic hydroxyl groups excluding tert-OH is 1. The van der Waals surface area contributed by atoms with E-state index in [9.17, 15) is 5.11 Å². The van der Waals surface area contributed by atoms with Gasteiger partial charge in [0.05, 0.1) is 6.10 Å². The van der Waals surface area contributed by atoms with Crippen LogP contribution in [0.4, 0.5) is 0 Å². The van der Waals surface area contributed by atoms with E-state index in [4.69, 9.17) is 0 Å². The zero-order chi connectivity index (χ0) is 9.68. The van der Waals surface area contributed by atoms with Gasteiger partial charge in [-0.25, -0.2) is 0 Å². The van der Waals surface area contributed by atoms with Gasteiger partial charge in [0.1, 0.15) is 0 Å². The summed E-state index contributed by atoms with van der Waals surface area (Å²) in [5, 5.41) is 9.91. The highest BCUT2D eigenvalue weighted by molar-refractivity contribution is 4.96. The summed E-state index contributed by atoms with van der Waals surface area (Å²) in [7, 11) is 0. The molecular weight excluding hydrogens is 160 g/mol. The first-order chi connectivity index (χ1) is 6.24. The topological polar surface area (TPSA) is 20.2 Å². The molecule has 1 aliphatic carbocycles. The van der Waals surface area contributed by atoms with E-state index in [0.29, 0.717) is 5.92 Å². The fourth-order valence-corrected chi connectivity index (χ4v) is 2.13. The molecule has 0 aromatic carbocycles. The Morgan fingerprint density at radius 3 is 2.54 bits per heavy atom. The average molecular weight is 182 g/mol. The molecule has 1 nitrogen and oxygen atoms in total. The summed E-state index contributed by atoms with van der Waals surface area (Å²) in [5.74, 6) is 0.553. The van der Waals surface area contributed by atoms with Crippen molar-refractivity contribution in [2.24, 2.45) is 5.92 Å². The Bertz CT molecular complexity index is 157. The van der Waals surface area contributed by atoms with Crippen LogP contribution in [-0.4, -0.2) is 11.2 Å². The minimum atomic E-state index is -0.118. The van der Waals surface area contributed by atoms with Crippen LogP contribution >= 0.6 is 0 Å². The van der Waals surface area contributed by atoms with Crippen LogP contribution in [0.15, 0.2) is 12.2 Å². The molecule has 1 fully saturated rings. The molecule has 76 valence electrons. The minimum absolute atomic E-state index is 0.118. The van der Waals surface area contributed by atoms with E-state index in [0.717, 1.165) is 12.8 Å². The van der Waals surface area contributed by atoms with Crippen LogP contribution in [0.25, 0.3) is 0 Å². The lowest BCUT2D eigenvalue weighted by atomic mass is 9.83. The molecule has 1 heteroatoms. The van der Waals surface area contributed by atoms with Gasteiger partial charge < -0.3 is 5.11 Å². The fourth-order valence-electron chi connectivity index (χ4n) is 2.13. The van der Waals surface area contributed by atoms with Crippen LogP contribution in [0.1, 0.15) is 51.9 Å². The van der Waals surface area contributed by atoms with Gasteiger partial charge in [0, 0.05) is 0 Å². The fraction of sp³-hybridized carbons (Fsp3) is 0.833. The van der Waals surface area contributed by atoms with Gasteiger partial charge in [-0.2, -0.15) is 0 Å².